The lowest BCUT2D eigenvalue weighted by Crippen LogP contribution is -2.21. The molecule has 0 radical (unpaired) electrons. The second-order valence-electron chi connectivity index (χ2n) is 7.40. The summed E-state index contributed by atoms with van der Waals surface area (Å²) in [6.45, 7) is 1.89. The lowest BCUT2D eigenvalue weighted by molar-refractivity contribution is -0.115. The Morgan fingerprint density at radius 1 is 1.12 bits per heavy atom. The zero-order valence-electron chi connectivity index (χ0n) is 17.7. The number of hydrogen-bond acceptors (Lipinski definition) is 5. The Morgan fingerprint density at radius 2 is 1.85 bits per heavy atom. The van der Waals surface area contributed by atoms with Gasteiger partial charge in [0.1, 0.15) is 11.1 Å². The van der Waals surface area contributed by atoms with E-state index in [9.17, 15) is 9.18 Å². The molecule has 33 heavy (non-hydrogen) atoms. The number of benzene rings is 3. The lowest BCUT2D eigenvalue weighted by atomic mass is 10.1. The van der Waals surface area contributed by atoms with E-state index in [4.69, 9.17) is 17.4 Å². The predicted molar refractivity (Wildman–Crippen MR) is 129 cm³/mol. The number of hydrogen-bond donors (Lipinski definition) is 2. The molecule has 4 rings (SSSR count). The molecule has 0 fully saturated rings. The van der Waals surface area contributed by atoms with Gasteiger partial charge >= 0.3 is 0 Å². The number of carbonyl (C=O) groups excluding carboxylic acids is 1. The van der Waals surface area contributed by atoms with Gasteiger partial charge in [-0.1, -0.05) is 78.0 Å². The highest BCUT2D eigenvalue weighted by Crippen LogP contribution is 2.35. The van der Waals surface area contributed by atoms with Crippen LogP contribution in [0.4, 0.5) is 10.1 Å². The monoisotopic (exact) mass is 481 g/mol. The number of thioether (sulfide) groups is 1. The summed E-state index contributed by atoms with van der Waals surface area (Å²) < 4.78 is 15.3. The van der Waals surface area contributed by atoms with Gasteiger partial charge < -0.3 is 11.2 Å². The van der Waals surface area contributed by atoms with Crippen LogP contribution in [0.25, 0.3) is 0 Å². The van der Waals surface area contributed by atoms with Crippen molar-refractivity contribution in [2.75, 3.05) is 11.2 Å². The van der Waals surface area contributed by atoms with Crippen molar-refractivity contribution in [1.82, 2.24) is 14.9 Å². The van der Waals surface area contributed by atoms with Crippen LogP contribution >= 0.6 is 23.4 Å². The van der Waals surface area contributed by atoms with Gasteiger partial charge in [-0.2, -0.15) is 0 Å². The molecule has 0 saturated heterocycles. The minimum absolute atomic E-state index is 0.181. The van der Waals surface area contributed by atoms with Gasteiger partial charge in [-0.05, 0) is 41.8 Å². The quantitative estimate of drug-likeness (QED) is 0.281. The van der Waals surface area contributed by atoms with E-state index in [1.165, 1.54) is 10.7 Å². The molecule has 6 nitrogen and oxygen atoms in total. The van der Waals surface area contributed by atoms with Crippen LogP contribution in [0.3, 0.4) is 0 Å². The molecular weight excluding hydrogens is 461 g/mol. The topological polar surface area (TPSA) is 85.8 Å². The van der Waals surface area contributed by atoms with Gasteiger partial charge in [-0.25, -0.2) is 9.07 Å². The van der Waals surface area contributed by atoms with Crippen molar-refractivity contribution in [3.8, 4) is 0 Å². The molecule has 1 atom stereocenters. The van der Waals surface area contributed by atoms with Crippen molar-refractivity contribution < 1.29 is 9.18 Å². The van der Waals surface area contributed by atoms with E-state index in [-0.39, 0.29) is 18.1 Å². The summed E-state index contributed by atoms with van der Waals surface area (Å²) in [6.07, 6.45) is 0.181. The Morgan fingerprint density at radius 3 is 2.58 bits per heavy atom. The largest absolute Gasteiger partial charge is 0.336 e. The number of rotatable bonds is 7. The molecule has 168 valence electrons. The average Bonchev–Trinajstić information content (AvgIpc) is 3.15. The van der Waals surface area contributed by atoms with E-state index in [0.717, 1.165) is 22.9 Å². The summed E-state index contributed by atoms with van der Waals surface area (Å²) in [5.41, 5.74) is 2.74. The first-order valence-corrected chi connectivity index (χ1v) is 11.4. The van der Waals surface area contributed by atoms with Crippen molar-refractivity contribution >= 4 is 35.0 Å². The number of halogens is 2. The van der Waals surface area contributed by atoms with Crippen LogP contribution in [0, 0.1) is 12.7 Å². The molecule has 4 aromatic rings. The van der Waals surface area contributed by atoms with E-state index < -0.39 is 5.25 Å². The van der Waals surface area contributed by atoms with E-state index in [1.807, 2.05) is 43.3 Å². The second kappa shape index (κ2) is 10.1. The summed E-state index contributed by atoms with van der Waals surface area (Å²) in [4.78, 5) is 13.2. The zero-order valence-corrected chi connectivity index (χ0v) is 19.3. The summed E-state index contributed by atoms with van der Waals surface area (Å²) in [5, 5.41) is 11.4. The number of nitrogens with one attached hydrogen (secondary N) is 1. The molecule has 0 unspecified atom stereocenters. The average molecular weight is 482 g/mol. The molecule has 0 bridgehead atoms. The fraction of sp³-hybridized carbons (Fsp3) is 0.125. The molecule has 9 heteroatoms. The van der Waals surface area contributed by atoms with Crippen LogP contribution in [-0.4, -0.2) is 20.8 Å². The highest BCUT2D eigenvalue weighted by molar-refractivity contribution is 8.00. The van der Waals surface area contributed by atoms with Crippen LogP contribution in [0.1, 0.15) is 27.8 Å². The molecule has 3 aromatic carbocycles. The number of amides is 1. The molecule has 1 amide bonds. The fourth-order valence-corrected chi connectivity index (χ4v) is 4.36. The fourth-order valence-electron chi connectivity index (χ4n) is 3.20. The van der Waals surface area contributed by atoms with Gasteiger partial charge in [-0.3, -0.25) is 4.79 Å². The van der Waals surface area contributed by atoms with Crippen LogP contribution in [-0.2, 0) is 11.2 Å². The standard InChI is InChI=1S/C24H21ClFN5OS/c1-15-11-12-18(14-19(15)25)28-23(32)22(16-7-3-2-4-8-16)33-24-30-29-21(31(24)27)13-17-9-5-6-10-20(17)26/h2-12,14,22H,13,27H2,1H3,(H,28,32)/t22-/m0/s1. The minimum atomic E-state index is -0.654. The summed E-state index contributed by atoms with van der Waals surface area (Å²) >= 11 is 7.37. The maximum absolute atomic E-state index is 14.0. The first-order valence-electron chi connectivity index (χ1n) is 10.1. The Kier molecular flexibility index (Phi) is 6.96. The van der Waals surface area contributed by atoms with Crippen molar-refractivity contribution in [2.45, 2.75) is 23.8 Å². The van der Waals surface area contributed by atoms with Gasteiger partial charge in [0, 0.05) is 17.1 Å². The number of nitrogen functional groups attached to an aromatic ring is 1. The van der Waals surface area contributed by atoms with E-state index in [1.54, 1.807) is 30.3 Å². The normalized spacial score (nSPS) is 11.8. The van der Waals surface area contributed by atoms with E-state index in [0.29, 0.717) is 27.3 Å². The minimum Gasteiger partial charge on any atom is -0.336 e. The van der Waals surface area contributed by atoms with Crippen molar-refractivity contribution in [1.29, 1.82) is 0 Å². The third-order valence-electron chi connectivity index (χ3n) is 5.04. The smallest absolute Gasteiger partial charge is 0.242 e. The molecule has 0 aliphatic carbocycles. The SMILES string of the molecule is Cc1ccc(NC(=O)[C@@H](Sc2nnc(Cc3ccccc3F)n2N)c2ccccc2)cc1Cl. The summed E-state index contributed by atoms with van der Waals surface area (Å²) in [5.74, 6) is 6.01. The third-order valence-corrected chi connectivity index (χ3v) is 6.66. The zero-order chi connectivity index (χ0) is 23.4. The molecular formula is C24H21ClFN5OS. The highest BCUT2D eigenvalue weighted by atomic mass is 35.5. The van der Waals surface area contributed by atoms with Gasteiger partial charge in [-0.15, -0.1) is 10.2 Å². The van der Waals surface area contributed by atoms with Crippen molar-refractivity contribution in [3.63, 3.8) is 0 Å². The van der Waals surface area contributed by atoms with Crippen LogP contribution in [0.2, 0.25) is 5.02 Å². The van der Waals surface area contributed by atoms with E-state index in [2.05, 4.69) is 15.5 Å². The van der Waals surface area contributed by atoms with Gasteiger partial charge in [0.15, 0.2) is 5.82 Å². The Hall–Kier alpha value is -3.36. The number of carbonyl (C=O) groups is 1. The van der Waals surface area contributed by atoms with Crippen molar-refractivity contribution in [2.24, 2.45) is 0 Å². The van der Waals surface area contributed by atoms with Crippen LogP contribution in [0.5, 0.6) is 0 Å². The summed E-state index contributed by atoms with van der Waals surface area (Å²) in [7, 11) is 0. The van der Waals surface area contributed by atoms with Gasteiger partial charge in [0.2, 0.25) is 11.1 Å². The maximum atomic E-state index is 14.0. The number of aryl methyl sites for hydroxylation is 1. The molecule has 3 N–H and O–H groups in total. The van der Waals surface area contributed by atoms with Gasteiger partial charge in [0.05, 0.1) is 0 Å². The Labute approximate surface area is 200 Å². The second-order valence-corrected chi connectivity index (χ2v) is 8.88. The van der Waals surface area contributed by atoms with E-state index >= 15 is 0 Å². The molecule has 1 heterocycles. The molecule has 1 aromatic heterocycles. The molecule has 0 aliphatic rings. The number of nitrogens with two attached hydrogens (primary N) is 1. The number of nitrogens with zero attached hydrogens (tertiary/aromatic N) is 3. The van der Waals surface area contributed by atoms with Gasteiger partial charge in [0.25, 0.3) is 0 Å². The molecule has 0 saturated carbocycles. The summed E-state index contributed by atoms with van der Waals surface area (Å²) in [6, 6.07) is 21.1. The van der Waals surface area contributed by atoms with Crippen molar-refractivity contribution in [3.05, 3.63) is 106 Å². The molecule has 0 spiro atoms. The predicted octanol–water partition coefficient (Wildman–Crippen LogP) is 5.16. The molecule has 0 aliphatic heterocycles. The van der Waals surface area contributed by atoms with Crippen LogP contribution in [0.15, 0.2) is 78.0 Å². The first kappa shape index (κ1) is 22.8. The maximum Gasteiger partial charge on any atom is 0.242 e. The Balaban J connectivity index is 1.58. The highest BCUT2D eigenvalue weighted by Gasteiger charge is 2.26. The number of aromatic nitrogens is 3. The number of anilines is 1. The lowest BCUT2D eigenvalue weighted by Gasteiger charge is -2.17. The van der Waals surface area contributed by atoms with Crippen LogP contribution < -0.4 is 11.2 Å². The Bertz CT molecular complexity index is 1280. The first-order chi connectivity index (χ1) is 15.9. The third kappa shape index (κ3) is 5.35.